The quantitative estimate of drug-likeness (QED) is 0.789. The van der Waals surface area contributed by atoms with Gasteiger partial charge in [0.15, 0.2) is 0 Å². The molecule has 0 radical (unpaired) electrons. The van der Waals surface area contributed by atoms with Crippen molar-refractivity contribution in [1.82, 2.24) is 19.9 Å². The third kappa shape index (κ3) is 4.24. The minimum atomic E-state index is 0.322. The molecule has 0 amide bonds. The van der Waals surface area contributed by atoms with E-state index in [-0.39, 0.29) is 0 Å². The van der Waals surface area contributed by atoms with Gasteiger partial charge in [-0.05, 0) is 37.7 Å². The zero-order chi connectivity index (χ0) is 15.6. The van der Waals surface area contributed by atoms with Gasteiger partial charge in [0, 0.05) is 23.2 Å². The highest BCUT2D eigenvalue weighted by atomic mass is 32.2. The summed E-state index contributed by atoms with van der Waals surface area (Å²) in [5, 5.41) is 1.89. The molecule has 2 rings (SSSR count). The SMILES string of the molecule is Cc1cc(Sc2cc(C)nc(C(C)C)n2)nc(C(C)C)n1. The lowest BCUT2D eigenvalue weighted by molar-refractivity contribution is 0.738. The highest BCUT2D eigenvalue weighted by Crippen LogP contribution is 2.27. The summed E-state index contributed by atoms with van der Waals surface area (Å²) in [5.41, 5.74) is 1.98. The van der Waals surface area contributed by atoms with Crippen LogP contribution in [-0.4, -0.2) is 19.9 Å². The van der Waals surface area contributed by atoms with Gasteiger partial charge < -0.3 is 0 Å². The van der Waals surface area contributed by atoms with Crippen LogP contribution >= 0.6 is 11.8 Å². The summed E-state index contributed by atoms with van der Waals surface area (Å²) in [6.07, 6.45) is 0. The Hall–Kier alpha value is -1.49. The van der Waals surface area contributed by atoms with E-state index in [1.807, 2.05) is 26.0 Å². The molecule has 0 aliphatic heterocycles. The molecule has 5 heteroatoms. The normalized spacial score (nSPS) is 11.4. The van der Waals surface area contributed by atoms with Crippen LogP contribution in [0.2, 0.25) is 0 Å². The van der Waals surface area contributed by atoms with Crippen LogP contribution in [0.4, 0.5) is 0 Å². The molecule has 0 N–H and O–H groups in total. The van der Waals surface area contributed by atoms with Crippen LogP contribution < -0.4 is 0 Å². The first-order chi connectivity index (χ1) is 9.85. The summed E-state index contributed by atoms with van der Waals surface area (Å²) in [6, 6.07) is 4.01. The maximum Gasteiger partial charge on any atom is 0.132 e. The second kappa shape index (κ2) is 6.52. The first kappa shape index (κ1) is 15.9. The largest absolute Gasteiger partial charge is 0.238 e. The van der Waals surface area contributed by atoms with E-state index in [1.165, 1.54) is 0 Å². The highest BCUT2D eigenvalue weighted by Gasteiger charge is 2.11. The van der Waals surface area contributed by atoms with Crippen molar-refractivity contribution in [2.24, 2.45) is 0 Å². The number of aryl methyl sites for hydroxylation is 2. The predicted octanol–water partition coefficient (Wildman–Crippen LogP) is 4.28. The molecular weight excluding hydrogens is 280 g/mol. The molecule has 0 aliphatic rings. The van der Waals surface area contributed by atoms with Crippen LogP contribution in [0.3, 0.4) is 0 Å². The lowest BCUT2D eigenvalue weighted by Crippen LogP contribution is -2.02. The van der Waals surface area contributed by atoms with Crippen molar-refractivity contribution >= 4 is 11.8 Å². The lowest BCUT2D eigenvalue weighted by Gasteiger charge is -2.10. The van der Waals surface area contributed by atoms with Crippen molar-refractivity contribution in [2.45, 2.75) is 63.4 Å². The van der Waals surface area contributed by atoms with E-state index in [1.54, 1.807) is 11.8 Å². The van der Waals surface area contributed by atoms with Crippen molar-refractivity contribution in [2.75, 3.05) is 0 Å². The first-order valence-electron chi connectivity index (χ1n) is 7.24. The number of aromatic nitrogens is 4. The molecule has 0 saturated carbocycles. The van der Waals surface area contributed by atoms with Crippen molar-refractivity contribution in [3.05, 3.63) is 35.2 Å². The molecule has 2 aromatic rings. The standard InChI is InChI=1S/C16H22N4S/c1-9(2)15-17-11(5)7-13(19-15)21-14-8-12(6)18-16(20-14)10(3)4/h7-10H,1-6H3. The number of hydrogen-bond acceptors (Lipinski definition) is 5. The van der Waals surface area contributed by atoms with Gasteiger partial charge in [0.2, 0.25) is 0 Å². The molecule has 0 aliphatic carbocycles. The second-order valence-corrected chi connectivity index (χ2v) is 6.86. The number of rotatable bonds is 4. The van der Waals surface area contributed by atoms with Gasteiger partial charge in [-0.25, -0.2) is 19.9 Å². The molecule has 4 nitrogen and oxygen atoms in total. The molecule has 0 unspecified atom stereocenters. The molecule has 0 aromatic carbocycles. The summed E-state index contributed by atoms with van der Waals surface area (Å²) in [4.78, 5) is 18.2. The van der Waals surface area contributed by atoms with E-state index in [0.717, 1.165) is 33.1 Å². The summed E-state index contributed by atoms with van der Waals surface area (Å²) < 4.78 is 0. The highest BCUT2D eigenvalue weighted by molar-refractivity contribution is 7.99. The number of hydrogen-bond donors (Lipinski definition) is 0. The second-order valence-electron chi connectivity index (χ2n) is 5.82. The zero-order valence-corrected chi connectivity index (χ0v) is 14.3. The van der Waals surface area contributed by atoms with Crippen LogP contribution in [0, 0.1) is 13.8 Å². The van der Waals surface area contributed by atoms with Crippen LogP contribution in [0.25, 0.3) is 0 Å². The van der Waals surface area contributed by atoms with Crippen molar-refractivity contribution in [3.63, 3.8) is 0 Å². The topological polar surface area (TPSA) is 51.6 Å². The van der Waals surface area contributed by atoms with E-state index in [0.29, 0.717) is 11.8 Å². The van der Waals surface area contributed by atoms with Gasteiger partial charge in [0.05, 0.1) is 0 Å². The molecule has 21 heavy (non-hydrogen) atoms. The molecule has 2 aromatic heterocycles. The minimum Gasteiger partial charge on any atom is -0.238 e. The van der Waals surface area contributed by atoms with E-state index >= 15 is 0 Å². The van der Waals surface area contributed by atoms with Gasteiger partial charge in [-0.15, -0.1) is 0 Å². The van der Waals surface area contributed by atoms with E-state index in [9.17, 15) is 0 Å². The Morgan fingerprint density at radius 1 is 0.714 bits per heavy atom. The van der Waals surface area contributed by atoms with E-state index < -0.39 is 0 Å². The van der Waals surface area contributed by atoms with Crippen molar-refractivity contribution in [3.8, 4) is 0 Å². The summed E-state index contributed by atoms with van der Waals surface area (Å²) >= 11 is 1.58. The van der Waals surface area contributed by atoms with Gasteiger partial charge in [0.1, 0.15) is 21.7 Å². The fourth-order valence-corrected chi connectivity index (χ4v) is 2.80. The van der Waals surface area contributed by atoms with Gasteiger partial charge >= 0.3 is 0 Å². The smallest absolute Gasteiger partial charge is 0.132 e. The van der Waals surface area contributed by atoms with E-state index in [2.05, 4.69) is 47.6 Å². The average molecular weight is 302 g/mol. The molecule has 0 atom stereocenters. The Kier molecular flexibility index (Phi) is 4.93. The summed E-state index contributed by atoms with van der Waals surface area (Å²) in [6.45, 7) is 12.4. The fraction of sp³-hybridized carbons (Fsp3) is 0.500. The minimum absolute atomic E-state index is 0.322. The Bertz CT molecular complexity index is 583. The van der Waals surface area contributed by atoms with E-state index in [4.69, 9.17) is 0 Å². The molecule has 112 valence electrons. The van der Waals surface area contributed by atoms with Gasteiger partial charge in [-0.1, -0.05) is 27.7 Å². The summed E-state index contributed by atoms with van der Waals surface area (Å²) in [5.74, 6) is 2.41. The lowest BCUT2D eigenvalue weighted by atomic mass is 10.2. The fourth-order valence-electron chi connectivity index (χ4n) is 1.85. The maximum absolute atomic E-state index is 4.62. The monoisotopic (exact) mass is 302 g/mol. The molecule has 0 bridgehead atoms. The van der Waals surface area contributed by atoms with Crippen LogP contribution in [-0.2, 0) is 0 Å². The third-order valence-electron chi connectivity index (χ3n) is 2.94. The van der Waals surface area contributed by atoms with Crippen LogP contribution in [0.15, 0.2) is 22.2 Å². The zero-order valence-electron chi connectivity index (χ0n) is 13.5. The Morgan fingerprint density at radius 3 is 1.43 bits per heavy atom. The first-order valence-corrected chi connectivity index (χ1v) is 8.06. The van der Waals surface area contributed by atoms with Crippen molar-refractivity contribution in [1.29, 1.82) is 0 Å². The van der Waals surface area contributed by atoms with Crippen LogP contribution in [0.5, 0.6) is 0 Å². The molecule has 0 spiro atoms. The van der Waals surface area contributed by atoms with Crippen molar-refractivity contribution < 1.29 is 0 Å². The summed E-state index contributed by atoms with van der Waals surface area (Å²) in [7, 11) is 0. The van der Waals surface area contributed by atoms with Gasteiger partial charge in [0.25, 0.3) is 0 Å². The Labute approximate surface area is 130 Å². The predicted molar refractivity (Wildman–Crippen MR) is 85.8 cm³/mol. The van der Waals surface area contributed by atoms with Gasteiger partial charge in [-0.2, -0.15) is 0 Å². The molecule has 0 fully saturated rings. The maximum atomic E-state index is 4.62. The average Bonchev–Trinajstić information content (AvgIpc) is 2.37. The Morgan fingerprint density at radius 2 is 1.10 bits per heavy atom. The molecule has 2 heterocycles. The molecular formula is C16H22N4S. The third-order valence-corrected chi connectivity index (χ3v) is 3.77. The van der Waals surface area contributed by atoms with Gasteiger partial charge in [-0.3, -0.25) is 0 Å². The number of nitrogens with zero attached hydrogens (tertiary/aromatic N) is 4. The molecule has 0 saturated heterocycles. The van der Waals surface area contributed by atoms with Crippen LogP contribution in [0.1, 0.15) is 62.6 Å². The Balaban J connectivity index is 2.34.